The van der Waals surface area contributed by atoms with E-state index < -0.39 is 11.6 Å². The lowest BCUT2D eigenvalue weighted by atomic mass is 9.80. The fourth-order valence-corrected chi connectivity index (χ4v) is 2.92. The van der Waals surface area contributed by atoms with Gasteiger partial charge in [0.15, 0.2) is 5.60 Å². The summed E-state index contributed by atoms with van der Waals surface area (Å²) in [5.41, 5.74) is 2.01. The molecule has 0 saturated heterocycles. The maximum absolute atomic E-state index is 12.6. The van der Waals surface area contributed by atoms with Crippen LogP contribution in [-0.4, -0.2) is 12.0 Å². The quantitative estimate of drug-likeness (QED) is 0.187. The summed E-state index contributed by atoms with van der Waals surface area (Å²) in [7, 11) is 0. The number of carbonyl (C=O) groups is 1. The van der Waals surface area contributed by atoms with Gasteiger partial charge in [0.2, 0.25) is 6.08 Å². The molecule has 4 nitrogen and oxygen atoms in total. The molecule has 0 bridgehead atoms. The molecule has 3 rings (SSSR count). The normalized spacial score (nSPS) is 9.57. The number of hydrogen-bond donors (Lipinski definition) is 1. The first-order chi connectivity index (χ1) is 14.6. The monoisotopic (exact) mass is 401 g/mol. The highest BCUT2D eigenvalue weighted by Gasteiger charge is 2.40. The Labute approximate surface area is 178 Å². The molecule has 0 aromatic heterocycles. The number of benzene rings is 3. The largest absolute Gasteiger partial charge is 0.441 e. The minimum Gasteiger partial charge on any atom is -0.441 e. The molecule has 0 saturated carbocycles. The molecular weight excluding hydrogens is 374 g/mol. The van der Waals surface area contributed by atoms with Crippen LogP contribution in [0.15, 0.2) is 103 Å². The van der Waals surface area contributed by atoms with E-state index in [2.05, 4.69) is 6.58 Å². The number of nitrogens with one attached hydrogen (secondary N) is 1. The van der Waals surface area contributed by atoms with Gasteiger partial charge >= 0.3 is 5.97 Å². The van der Waals surface area contributed by atoms with Crippen LogP contribution in [0.3, 0.4) is 0 Å². The fourth-order valence-electron chi connectivity index (χ4n) is 2.92. The van der Waals surface area contributed by atoms with Crippen molar-refractivity contribution >= 4 is 12.0 Å². The molecule has 0 aliphatic carbocycles. The van der Waals surface area contributed by atoms with E-state index in [0.29, 0.717) is 5.57 Å². The summed E-state index contributed by atoms with van der Waals surface area (Å²) in [4.78, 5) is 20.9. The van der Waals surface area contributed by atoms with E-state index in [-0.39, 0.29) is 0 Å². The highest BCUT2D eigenvalue weighted by atomic mass is 16.6. The molecule has 0 amide bonds. The van der Waals surface area contributed by atoms with Crippen molar-refractivity contribution in [1.82, 2.24) is 0 Å². The maximum Gasteiger partial charge on any atom is 0.334 e. The lowest BCUT2D eigenvalue weighted by Crippen LogP contribution is -2.35. The van der Waals surface area contributed by atoms with Gasteiger partial charge in [-0.25, -0.2) is 15.0 Å². The molecule has 1 N–H and O–H groups in total. The second-order valence-corrected chi connectivity index (χ2v) is 6.05. The van der Waals surface area contributed by atoms with Crippen LogP contribution in [0.2, 0.25) is 0 Å². The summed E-state index contributed by atoms with van der Waals surface area (Å²) in [6.45, 7) is 9.41. The second-order valence-electron chi connectivity index (χ2n) is 6.05. The van der Waals surface area contributed by atoms with Crippen molar-refractivity contribution in [2.24, 2.45) is 0 Å². The van der Waals surface area contributed by atoms with Gasteiger partial charge in [-0.3, -0.25) is 0 Å². The summed E-state index contributed by atoms with van der Waals surface area (Å²) in [5, 5.41) is 5.40. The summed E-state index contributed by atoms with van der Waals surface area (Å²) >= 11 is 0. The Morgan fingerprint density at radius 1 is 0.800 bits per heavy atom. The van der Waals surface area contributed by atoms with Gasteiger partial charge in [0.05, 0.1) is 0 Å². The Morgan fingerprint density at radius 3 is 1.30 bits per heavy atom. The van der Waals surface area contributed by atoms with Crippen LogP contribution in [0.1, 0.15) is 37.5 Å². The molecule has 4 heteroatoms. The highest BCUT2D eigenvalue weighted by Crippen LogP contribution is 2.40. The standard InChI is InChI=1S/C23H20O2.C2H6.CHNO/c1-18(2)22(24)25-23(19-12-6-3-7-13-19,20-14-8-4-9-15-20)21-16-10-5-11-17-21;1-2;2-1-3/h3-17H,1H2,2H3;1-2H3;2H. The minimum absolute atomic E-state index is 0.368. The molecule has 0 spiro atoms. The number of rotatable bonds is 5. The molecule has 0 aliphatic heterocycles. The van der Waals surface area contributed by atoms with Crippen LogP contribution < -0.4 is 0 Å². The van der Waals surface area contributed by atoms with E-state index in [1.54, 1.807) is 6.92 Å². The lowest BCUT2D eigenvalue weighted by molar-refractivity contribution is -0.148. The fraction of sp³-hybridized carbons (Fsp3) is 0.154. The Hall–Kier alpha value is -3.75. The van der Waals surface area contributed by atoms with E-state index in [1.165, 1.54) is 0 Å². The lowest BCUT2D eigenvalue weighted by Gasteiger charge is -2.35. The Balaban J connectivity index is 0.000000826. The predicted octanol–water partition coefficient (Wildman–Crippen LogP) is 6.02. The predicted molar refractivity (Wildman–Crippen MR) is 120 cm³/mol. The van der Waals surface area contributed by atoms with Gasteiger partial charge < -0.3 is 4.74 Å². The third kappa shape index (κ3) is 5.87. The van der Waals surface area contributed by atoms with Gasteiger partial charge in [-0.05, 0) is 6.92 Å². The molecule has 0 fully saturated rings. The third-order valence-corrected chi connectivity index (χ3v) is 4.14. The molecule has 3 aromatic rings. The molecule has 0 heterocycles. The van der Waals surface area contributed by atoms with Gasteiger partial charge in [-0.2, -0.15) is 0 Å². The van der Waals surface area contributed by atoms with Crippen LogP contribution in [0.5, 0.6) is 0 Å². The van der Waals surface area contributed by atoms with Gasteiger partial charge in [-0.1, -0.05) is 111 Å². The topological polar surface area (TPSA) is 67.2 Å². The third-order valence-electron chi connectivity index (χ3n) is 4.14. The minimum atomic E-state index is -1.03. The average Bonchev–Trinajstić information content (AvgIpc) is 2.81. The molecule has 0 unspecified atom stereocenters. The van der Waals surface area contributed by atoms with E-state index in [1.807, 2.05) is 105 Å². The molecule has 3 aromatic carbocycles. The highest BCUT2D eigenvalue weighted by molar-refractivity contribution is 5.88. The van der Waals surface area contributed by atoms with Crippen molar-refractivity contribution in [2.45, 2.75) is 26.4 Å². The molecule has 154 valence electrons. The number of isocyanates is 1. The molecule has 0 radical (unpaired) electrons. The summed E-state index contributed by atoms with van der Waals surface area (Å²) < 4.78 is 6.12. The second kappa shape index (κ2) is 12.7. The van der Waals surface area contributed by atoms with Crippen LogP contribution in [0.25, 0.3) is 0 Å². The Bertz CT molecular complexity index is 849. The summed E-state index contributed by atoms with van der Waals surface area (Å²) in [5.74, 6) is -0.420. The molecule has 30 heavy (non-hydrogen) atoms. The smallest absolute Gasteiger partial charge is 0.334 e. The number of esters is 1. The first-order valence-electron chi connectivity index (χ1n) is 9.65. The van der Waals surface area contributed by atoms with Crippen molar-refractivity contribution in [3.63, 3.8) is 0 Å². The van der Waals surface area contributed by atoms with Crippen molar-refractivity contribution in [3.05, 3.63) is 120 Å². The van der Waals surface area contributed by atoms with Crippen LogP contribution >= 0.6 is 0 Å². The molecule has 0 aliphatic rings. The zero-order chi connectivity index (χ0) is 22.4. The Morgan fingerprint density at radius 2 is 1.07 bits per heavy atom. The number of carbonyl (C=O) groups excluding carboxylic acids is 2. The zero-order valence-corrected chi connectivity index (χ0v) is 17.6. The maximum atomic E-state index is 12.6. The van der Waals surface area contributed by atoms with Crippen molar-refractivity contribution in [3.8, 4) is 0 Å². The van der Waals surface area contributed by atoms with E-state index >= 15 is 0 Å². The summed E-state index contributed by atoms with van der Waals surface area (Å²) in [6.07, 6.45) is 0.750. The van der Waals surface area contributed by atoms with Crippen LogP contribution in [0, 0.1) is 5.41 Å². The van der Waals surface area contributed by atoms with Gasteiger partial charge in [0.1, 0.15) is 0 Å². The number of hydrogen-bond acceptors (Lipinski definition) is 4. The Kier molecular flexibility index (Phi) is 10.2. The van der Waals surface area contributed by atoms with E-state index in [9.17, 15) is 4.79 Å². The van der Waals surface area contributed by atoms with E-state index in [0.717, 1.165) is 22.8 Å². The van der Waals surface area contributed by atoms with Crippen molar-refractivity contribution in [2.75, 3.05) is 0 Å². The van der Waals surface area contributed by atoms with Gasteiger partial charge in [0, 0.05) is 22.3 Å². The summed E-state index contributed by atoms with van der Waals surface area (Å²) in [6, 6.07) is 29.4. The van der Waals surface area contributed by atoms with Crippen molar-refractivity contribution < 1.29 is 14.3 Å². The first-order valence-corrected chi connectivity index (χ1v) is 9.65. The molecule has 0 atom stereocenters. The average molecular weight is 402 g/mol. The van der Waals surface area contributed by atoms with Gasteiger partial charge in [-0.15, -0.1) is 0 Å². The van der Waals surface area contributed by atoms with E-state index in [4.69, 9.17) is 14.9 Å². The zero-order valence-electron chi connectivity index (χ0n) is 17.6. The van der Waals surface area contributed by atoms with Gasteiger partial charge in [0.25, 0.3) is 0 Å². The SMILES string of the molecule is C=C(C)C(=O)OC(c1ccccc1)(c1ccccc1)c1ccccc1.CC.N=C=O. The first kappa shape index (κ1) is 24.3. The van der Waals surface area contributed by atoms with Crippen molar-refractivity contribution in [1.29, 1.82) is 5.41 Å². The molecular formula is C26H27NO3. The number of ether oxygens (including phenoxy) is 1. The van der Waals surface area contributed by atoms with Crippen LogP contribution in [0.4, 0.5) is 0 Å². The van der Waals surface area contributed by atoms with Crippen LogP contribution in [-0.2, 0) is 19.9 Å².